The lowest BCUT2D eigenvalue weighted by atomic mass is 9.46. The summed E-state index contributed by atoms with van der Waals surface area (Å²) in [6.07, 6.45) is 6.53. The van der Waals surface area contributed by atoms with Crippen LogP contribution in [0.2, 0.25) is 0 Å². The maximum atomic E-state index is 13.1. The van der Waals surface area contributed by atoms with Crippen LogP contribution in [0, 0.1) is 34.5 Å². The molecule has 1 heterocycles. The second-order valence-electron chi connectivity index (χ2n) is 9.61. The number of ether oxygens (including phenoxy) is 2. The van der Waals surface area contributed by atoms with Crippen molar-refractivity contribution in [2.75, 3.05) is 13.2 Å². The number of carbonyl (C=O) groups excluding carboxylic acids is 4. The van der Waals surface area contributed by atoms with Crippen LogP contribution >= 0.6 is 0 Å². The van der Waals surface area contributed by atoms with Crippen molar-refractivity contribution in [1.29, 1.82) is 0 Å². The highest BCUT2D eigenvalue weighted by Gasteiger charge is 2.65. The van der Waals surface area contributed by atoms with Gasteiger partial charge in [0.25, 0.3) is 0 Å². The van der Waals surface area contributed by atoms with Crippen LogP contribution in [-0.2, 0) is 28.7 Å². The summed E-state index contributed by atoms with van der Waals surface area (Å²) in [7, 11) is 0. The lowest BCUT2D eigenvalue weighted by molar-refractivity contribution is -0.189. The average Bonchev–Trinajstić information content (AvgIpc) is 2.63. The van der Waals surface area contributed by atoms with Gasteiger partial charge in [0.2, 0.25) is 0 Å². The first-order valence-corrected chi connectivity index (χ1v) is 10.9. The SMILES string of the molecule is O=C1CCC[C@]23C[C@H](CCOC(=O)[C@]45CCCC(=O)[C@H]4C[C@@H]5CCOC2=O)[C@@H]13. The number of hydrogen-bond acceptors (Lipinski definition) is 6. The van der Waals surface area contributed by atoms with Crippen molar-refractivity contribution in [2.24, 2.45) is 34.5 Å². The number of ketones is 2. The Bertz CT molecular complexity index is 743. The van der Waals surface area contributed by atoms with Crippen LogP contribution in [0.25, 0.3) is 0 Å². The summed E-state index contributed by atoms with van der Waals surface area (Å²) in [4.78, 5) is 50.9. The van der Waals surface area contributed by atoms with E-state index in [1.807, 2.05) is 0 Å². The van der Waals surface area contributed by atoms with Crippen LogP contribution < -0.4 is 0 Å². The van der Waals surface area contributed by atoms with E-state index in [0.717, 1.165) is 19.3 Å². The van der Waals surface area contributed by atoms with Crippen LogP contribution in [0.15, 0.2) is 0 Å². The molecule has 0 radical (unpaired) electrons. The van der Waals surface area contributed by atoms with Crippen molar-refractivity contribution in [2.45, 2.75) is 64.2 Å². The van der Waals surface area contributed by atoms with Gasteiger partial charge in [0.15, 0.2) is 0 Å². The number of Topliss-reactive ketones (excluding diaryl/α,β-unsaturated/α-hetero) is 2. The zero-order chi connectivity index (χ0) is 19.5. The van der Waals surface area contributed by atoms with Crippen LogP contribution in [-0.4, -0.2) is 36.7 Å². The quantitative estimate of drug-likeness (QED) is 0.593. The van der Waals surface area contributed by atoms with E-state index in [2.05, 4.69) is 0 Å². The third kappa shape index (κ3) is 2.32. The molecule has 0 amide bonds. The lowest BCUT2D eigenvalue weighted by Crippen LogP contribution is -2.60. The van der Waals surface area contributed by atoms with E-state index in [-0.39, 0.29) is 60.4 Å². The Kier molecular flexibility index (Phi) is 4.18. The predicted molar refractivity (Wildman–Crippen MR) is 96.9 cm³/mol. The Morgan fingerprint density at radius 2 is 1.54 bits per heavy atom. The molecule has 1 saturated heterocycles. The van der Waals surface area contributed by atoms with Crippen molar-refractivity contribution in [1.82, 2.24) is 0 Å². The zero-order valence-electron chi connectivity index (χ0n) is 16.2. The standard InChI is InChI=1S/C22H28O6/c23-16-3-2-8-22-14(11-15(16)22)6-10-27-19(25)21-7-1-4-17(24)18(21)13(12-21)5-9-28-20(22)26/h13-15,18H,1-12H2/t13-,14-,15+,18-,21+,22-/m0/s1. The van der Waals surface area contributed by atoms with Gasteiger partial charge in [0, 0.05) is 24.7 Å². The number of hydrogen-bond donors (Lipinski definition) is 0. The molecule has 6 atom stereocenters. The molecule has 6 nitrogen and oxygen atoms in total. The Morgan fingerprint density at radius 1 is 0.821 bits per heavy atom. The summed E-state index contributed by atoms with van der Waals surface area (Å²) >= 11 is 0. The number of rotatable bonds is 0. The Hall–Kier alpha value is -1.72. The smallest absolute Gasteiger partial charge is 0.313 e. The van der Waals surface area contributed by atoms with Crippen molar-refractivity contribution < 1.29 is 28.7 Å². The first-order valence-electron chi connectivity index (χ1n) is 10.9. The van der Waals surface area contributed by atoms with Crippen LogP contribution in [0.3, 0.4) is 0 Å². The minimum atomic E-state index is -0.709. The Balaban J connectivity index is 1.39. The topological polar surface area (TPSA) is 86.7 Å². The van der Waals surface area contributed by atoms with Crippen molar-refractivity contribution in [3.05, 3.63) is 0 Å². The molecule has 4 aliphatic carbocycles. The summed E-state index contributed by atoms with van der Waals surface area (Å²) in [5.41, 5.74) is -1.35. The molecule has 5 fully saturated rings. The van der Waals surface area contributed by atoms with E-state index >= 15 is 0 Å². The van der Waals surface area contributed by atoms with Crippen LogP contribution in [0.1, 0.15) is 64.2 Å². The van der Waals surface area contributed by atoms with E-state index in [1.165, 1.54) is 0 Å². The molecular formula is C22H28O6. The summed E-state index contributed by atoms with van der Waals surface area (Å²) in [6.45, 7) is 0.528. The molecule has 5 rings (SSSR count). The molecule has 0 aromatic carbocycles. The van der Waals surface area contributed by atoms with Gasteiger partial charge in [-0.25, -0.2) is 0 Å². The molecule has 0 N–H and O–H groups in total. The molecule has 0 aromatic heterocycles. The third-order valence-corrected chi connectivity index (χ3v) is 8.57. The third-order valence-electron chi connectivity index (χ3n) is 8.57. The second-order valence-corrected chi connectivity index (χ2v) is 9.61. The molecule has 0 aromatic rings. The maximum absolute atomic E-state index is 13.1. The largest absolute Gasteiger partial charge is 0.465 e. The fourth-order valence-electron chi connectivity index (χ4n) is 7.16. The first kappa shape index (κ1) is 18.3. The molecule has 2 spiro atoms. The predicted octanol–water partition coefficient (Wildman–Crippen LogP) is 2.62. The number of carbonyl (C=O) groups is 4. The molecule has 152 valence electrons. The highest BCUT2D eigenvalue weighted by atomic mass is 16.5. The Labute approximate surface area is 164 Å². The number of fused-ring (bicyclic) bond motifs is 2. The van der Waals surface area contributed by atoms with Crippen molar-refractivity contribution in [3.63, 3.8) is 0 Å². The zero-order valence-corrected chi connectivity index (χ0v) is 16.2. The fourth-order valence-corrected chi connectivity index (χ4v) is 7.16. The van der Waals surface area contributed by atoms with Gasteiger partial charge in [-0.2, -0.15) is 0 Å². The van der Waals surface area contributed by atoms with E-state index < -0.39 is 10.8 Å². The van der Waals surface area contributed by atoms with E-state index in [0.29, 0.717) is 44.9 Å². The number of esters is 2. The Morgan fingerprint density at radius 3 is 2.39 bits per heavy atom. The summed E-state index contributed by atoms with van der Waals surface area (Å²) in [5.74, 6) is -0.490. The van der Waals surface area contributed by atoms with Gasteiger partial charge in [0.05, 0.1) is 24.0 Å². The van der Waals surface area contributed by atoms with Crippen LogP contribution in [0.5, 0.6) is 0 Å². The lowest BCUT2D eigenvalue weighted by Gasteiger charge is -2.55. The van der Waals surface area contributed by atoms with Gasteiger partial charge in [-0.3, -0.25) is 19.2 Å². The minimum absolute atomic E-state index is 0.0408. The fraction of sp³-hybridized carbons (Fsp3) is 0.818. The van der Waals surface area contributed by atoms with Gasteiger partial charge in [-0.15, -0.1) is 0 Å². The molecule has 6 heteroatoms. The first-order chi connectivity index (χ1) is 13.5. The molecule has 2 bridgehead atoms. The average molecular weight is 388 g/mol. The summed E-state index contributed by atoms with van der Waals surface area (Å²) < 4.78 is 11.4. The van der Waals surface area contributed by atoms with Crippen LogP contribution in [0.4, 0.5) is 0 Å². The van der Waals surface area contributed by atoms with E-state index in [1.54, 1.807) is 0 Å². The van der Waals surface area contributed by atoms with Gasteiger partial charge in [-0.1, -0.05) is 0 Å². The second kappa shape index (κ2) is 6.39. The van der Waals surface area contributed by atoms with Gasteiger partial charge >= 0.3 is 11.9 Å². The molecule has 1 aliphatic heterocycles. The highest BCUT2D eigenvalue weighted by molar-refractivity contribution is 5.93. The van der Waals surface area contributed by atoms with Crippen molar-refractivity contribution >= 4 is 23.5 Å². The van der Waals surface area contributed by atoms with Gasteiger partial charge < -0.3 is 9.47 Å². The van der Waals surface area contributed by atoms with Gasteiger partial charge in [-0.05, 0) is 63.2 Å². The van der Waals surface area contributed by atoms with E-state index in [4.69, 9.17) is 9.47 Å². The monoisotopic (exact) mass is 388 g/mol. The molecule has 4 saturated carbocycles. The highest BCUT2D eigenvalue weighted by Crippen LogP contribution is 2.62. The molecular weight excluding hydrogens is 360 g/mol. The van der Waals surface area contributed by atoms with E-state index in [9.17, 15) is 19.2 Å². The minimum Gasteiger partial charge on any atom is -0.465 e. The number of cyclic esters (lactones) is 2. The summed E-state index contributed by atoms with van der Waals surface area (Å²) in [6, 6.07) is 0. The molecule has 5 aliphatic rings. The molecule has 28 heavy (non-hydrogen) atoms. The maximum Gasteiger partial charge on any atom is 0.313 e. The normalized spacial score (nSPS) is 46.0. The van der Waals surface area contributed by atoms with Gasteiger partial charge in [0.1, 0.15) is 11.6 Å². The summed E-state index contributed by atoms with van der Waals surface area (Å²) in [5, 5.41) is 0. The van der Waals surface area contributed by atoms with Crippen molar-refractivity contribution in [3.8, 4) is 0 Å². The molecule has 0 unspecified atom stereocenters.